The second-order valence-electron chi connectivity index (χ2n) is 9.03. The molecule has 1 N–H and O–H groups in total. The topological polar surface area (TPSA) is 80.7 Å². The Labute approximate surface area is 190 Å². The van der Waals surface area contributed by atoms with Crippen molar-refractivity contribution in [3.05, 3.63) is 57.2 Å². The zero-order chi connectivity index (χ0) is 21.0. The van der Waals surface area contributed by atoms with Gasteiger partial charge in [0.15, 0.2) is 0 Å². The van der Waals surface area contributed by atoms with E-state index in [4.69, 9.17) is 4.74 Å². The van der Waals surface area contributed by atoms with Gasteiger partial charge in [0, 0.05) is 3.57 Å². The van der Waals surface area contributed by atoms with E-state index >= 15 is 0 Å². The first-order chi connectivity index (χ1) is 14.3. The van der Waals surface area contributed by atoms with Gasteiger partial charge in [0.1, 0.15) is 5.75 Å². The van der Waals surface area contributed by atoms with Gasteiger partial charge in [0.2, 0.25) is 0 Å². The van der Waals surface area contributed by atoms with Crippen LogP contribution in [0.15, 0.2) is 47.4 Å². The average molecular weight is 538 g/mol. The molecule has 4 aliphatic carbocycles. The SMILES string of the molecule is O=C(Oc1ccc(S(=O)(=O)O)c(C2C3CC4CC(C3)CC2C4)c1)c1cccc(I)c1. The number of carbonyl (C=O) groups is 1. The van der Waals surface area contributed by atoms with Crippen LogP contribution in [0.25, 0.3) is 0 Å². The van der Waals surface area contributed by atoms with Gasteiger partial charge in [-0.15, -0.1) is 0 Å². The third-order valence-corrected chi connectivity index (χ3v) is 8.71. The Hall–Kier alpha value is -1.45. The minimum atomic E-state index is -4.36. The molecule has 0 aromatic heterocycles. The van der Waals surface area contributed by atoms with Gasteiger partial charge in [-0.3, -0.25) is 4.55 Å². The van der Waals surface area contributed by atoms with Gasteiger partial charge in [-0.2, -0.15) is 8.42 Å². The minimum absolute atomic E-state index is 0.0472. The first kappa shape index (κ1) is 20.5. The highest BCUT2D eigenvalue weighted by atomic mass is 127. The molecule has 2 aromatic rings. The number of carbonyl (C=O) groups excluding carboxylic acids is 1. The summed E-state index contributed by atoms with van der Waals surface area (Å²) in [6, 6.07) is 11.6. The lowest BCUT2D eigenvalue weighted by Gasteiger charge is -2.54. The Balaban J connectivity index is 1.50. The third kappa shape index (κ3) is 3.80. The van der Waals surface area contributed by atoms with Gasteiger partial charge in [0.25, 0.3) is 10.1 Å². The molecule has 5 nitrogen and oxygen atoms in total. The van der Waals surface area contributed by atoms with E-state index in [1.807, 2.05) is 6.07 Å². The Kier molecular flexibility index (Phi) is 5.18. The van der Waals surface area contributed by atoms with E-state index in [1.165, 1.54) is 18.6 Å². The van der Waals surface area contributed by atoms with Crippen LogP contribution in [0, 0.1) is 27.2 Å². The van der Waals surface area contributed by atoms with Crippen LogP contribution < -0.4 is 4.74 Å². The van der Waals surface area contributed by atoms with Crippen LogP contribution in [-0.4, -0.2) is 18.9 Å². The Morgan fingerprint density at radius 1 is 0.967 bits per heavy atom. The third-order valence-electron chi connectivity index (χ3n) is 7.12. The lowest BCUT2D eigenvalue weighted by Crippen LogP contribution is -2.44. The van der Waals surface area contributed by atoms with Crippen LogP contribution >= 0.6 is 22.6 Å². The molecule has 0 spiro atoms. The van der Waals surface area contributed by atoms with Crippen molar-refractivity contribution < 1.29 is 22.5 Å². The molecule has 0 aliphatic heterocycles. The van der Waals surface area contributed by atoms with Crippen LogP contribution in [0.1, 0.15) is 53.9 Å². The largest absolute Gasteiger partial charge is 0.423 e. The van der Waals surface area contributed by atoms with E-state index in [-0.39, 0.29) is 10.8 Å². The van der Waals surface area contributed by atoms with Crippen LogP contribution in [0.3, 0.4) is 0 Å². The van der Waals surface area contributed by atoms with E-state index in [2.05, 4.69) is 22.6 Å². The fraction of sp³-hybridized carbons (Fsp3) is 0.435. The fourth-order valence-corrected chi connectivity index (χ4v) is 7.58. The molecule has 0 unspecified atom stereocenters. The van der Waals surface area contributed by atoms with Crippen LogP contribution in [0.5, 0.6) is 5.75 Å². The number of halogens is 1. The Bertz CT molecular complexity index is 1080. The lowest BCUT2D eigenvalue weighted by atomic mass is 9.51. The number of hydrogen-bond acceptors (Lipinski definition) is 4. The first-order valence-corrected chi connectivity index (χ1v) is 12.9. The van der Waals surface area contributed by atoms with E-state index in [1.54, 1.807) is 24.3 Å². The number of esters is 1. The maximum atomic E-state index is 12.6. The van der Waals surface area contributed by atoms with E-state index < -0.39 is 16.1 Å². The molecule has 158 valence electrons. The lowest BCUT2D eigenvalue weighted by molar-refractivity contribution is -0.00373. The highest BCUT2D eigenvalue weighted by Gasteiger charge is 2.49. The molecule has 4 aliphatic rings. The molecule has 0 heterocycles. The summed E-state index contributed by atoms with van der Waals surface area (Å²) >= 11 is 2.14. The van der Waals surface area contributed by atoms with E-state index in [0.29, 0.717) is 28.7 Å². The summed E-state index contributed by atoms with van der Waals surface area (Å²) in [4.78, 5) is 12.5. The number of ether oxygens (including phenoxy) is 1. The molecule has 0 amide bonds. The highest BCUT2D eigenvalue weighted by Crippen LogP contribution is 2.60. The summed E-state index contributed by atoms with van der Waals surface area (Å²) in [7, 11) is -4.36. The number of rotatable bonds is 4. The van der Waals surface area contributed by atoms with Gasteiger partial charge in [0.05, 0.1) is 10.5 Å². The molecule has 0 atom stereocenters. The number of hydrogen-bond donors (Lipinski definition) is 1. The zero-order valence-corrected chi connectivity index (χ0v) is 19.3. The van der Waals surface area contributed by atoms with Crippen molar-refractivity contribution in [3.8, 4) is 5.75 Å². The van der Waals surface area contributed by atoms with Gasteiger partial charge >= 0.3 is 5.97 Å². The second-order valence-corrected chi connectivity index (χ2v) is 11.7. The van der Waals surface area contributed by atoms with Crippen molar-refractivity contribution in [2.45, 2.75) is 42.9 Å². The van der Waals surface area contributed by atoms with Crippen molar-refractivity contribution >= 4 is 38.7 Å². The average Bonchev–Trinajstić information content (AvgIpc) is 2.66. The molecule has 0 radical (unpaired) electrons. The summed E-state index contributed by atoms with van der Waals surface area (Å²) in [5.41, 5.74) is 1.05. The predicted octanol–water partition coefficient (Wildman–Crippen LogP) is 5.30. The number of benzene rings is 2. The standard InChI is InChI=1S/C23H23IO5S/c24-18-3-1-2-15(11-18)23(25)29-19-4-5-21(30(26,27)28)20(12-19)22-16-7-13-6-14(9-16)10-17(22)8-13/h1-5,11-14,16-17,22H,6-10H2,(H,26,27,28). The predicted molar refractivity (Wildman–Crippen MR) is 120 cm³/mol. The van der Waals surface area contributed by atoms with Crippen LogP contribution in [0.4, 0.5) is 0 Å². The summed E-state index contributed by atoms with van der Waals surface area (Å²) in [6.45, 7) is 0. The quantitative estimate of drug-likeness (QED) is 0.248. The molecule has 7 heteroatoms. The van der Waals surface area contributed by atoms with Crippen molar-refractivity contribution in [2.75, 3.05) is 0 Å². The van der Waals surface area contributed by atoms with E-state index in [0.717, 1.165) is 41.1 Å². The summed E-state index contributed by atoms with van der Waals surface area (Å²) in [5.74, 6) is 2.29. The molecule has 30 heavy (non-hydrogen) atoms. The van der Waals surface area contributed by atoms with Crippen LogP contribution in [-0.2, 0) is 10.1 Å². The fourth-order valence-electron chi connectivity index (χ4n) is 6.30. The summed E-state index contributed by atoms with van der Waals surface area (Å²) in [5, 5.41) is 0. The van der Waals surface area contributed by atoms with Crippen molar-refractivity contribution in [3.63, 3.8) is 0 Å². The summed E-state index contributed by atoms with van der Waals surface area (Å²) < 4.78 is 40.6. The van der Waals surface area contributed by atoms with Crippen molar-refractivity contribution in [1.29, 1.82) is 0 Å². The molecular formula is C23H23IO5S. The second kappa shape index (κ2) is 7.60. The molecule has 6 rings (SSSR count). The van der Waals surface area contributed by atoms with Crippen molar-refractivity contribution in [1.82, 2.24) is 0 Å². The molecular weight excluding hydrogens is 515 g/mol. The van der Waals surface area contributed by atoms with Gasteiger partial charge in [-0.05, 0) is 126 Å². The Morgan fingerprint density at radius 3 is 2.23 bits per heavy atom. The normalized spacial score (nSPS) is 29.7. The highest BCUT2D eigenvalue weighted by molar-refractivity contribution is 14.1. The monoisotopic (exact) mass is 538 g/mol. The summed E-state index contributed by atoms with van der Waals surface area (Å²) in [6.07, 6.45) is 5.78. The molecule has 4 bridgehead atoms. The minimum Gasteiger partial charge on any atom is -0.423 e. The molecule has 4 fully saturated rings. The molecule has 0 saturated heterocycles. The van der Waals surface area contributed by atoms with Gasteiger partial charge in [-0.25, -0.2) is 4.79 Å². The maximum absolute atomic E-state index is 12.6. The Morgan fingerprint density at radius 2 is 1.63 bits per heavy atom. The van der Waals surface area contributed by atoms with Gasteiger partial charge < -0.3 is 4.74 Å². The van der Waals surface area contributed by atoms with Gasteiger partial charge in [-0.1, -0.05) is 6.07 Å². The smallest absolute Gasteiger partial charge is 0.343 e. The van der Waals surface area contributed by atoms with Crippen molar-refractivity contribution in [2.24, 2.45) is 23.7 Å². The first-order valence-electron chi connectivity index (χ1n) is 10.4. The zero-order valence-electron chi connectivity index (χ0n) is 16.3. The van der Waals surface area contributed by atoms with E-state index in [9.17, 15) is 17.8 Å². The molecule has 4 saturated carbocycles. The maximum Gasteiger partial charge on any atom is 0.343 e. The molecule has 2 aromatic carbocycles. The van der Waals surface area contributed by atoms with Crippen LogP contribution in [0.2, 0.25) is 0 Å².